The van der Waals surface area contributed by atoms with Crippen molar-refractivity contribution in [3.05, 3.63) is 0 Å². The molecule has 0 aromatic rings. The maximum Gasteiger partial charge on any atom is 0.214 e. The molecule has 2 rings (SSSR count). The van der Waals surface area contributed by atoms with Crippen molar-refractivity contribution in [3.8, 4) is 0 Å². The molecule has 2 heterocycles. The molecular formula is C12H21Cl3O9. The fraction of sp³-hybridized carbons (Fsp3) is 1.00. The van der Waals surface area contributed by atoms with Gasteiger partial charge in [-0.25, -0.2) is 0 Å². The largest absolute Gasteiger partial charge is 0.412 e. The molecule has 0 spiro atoms. The molecule has 2 aliphatic heterocycles. The molecule has 24 heavy (non-hydrogen) atoms. The Labute approximate surface area is 152 Å². The van der Waals surface area contributed by atoms with Crippen molar-refractivity contribution < 1.29 is 45.2 Å². The summed E-state index contributed by atoms with van der Waals surface area (Å²) in [4.78, 5) is 0. The third-order valence-electron chi connectivity index (χ3n) is 3.96. The highest BCUT2D eigenvalue weighted by Crippen LogP contribution is 2.37. The summed E-state index contributed by atoms with van der Waals surface area (Å²) in [5.41, 5.74) is 0. The molecular weight excluding hydrogens is 394 g/mol. The highest BCUT2D eigenvalue weighted by Gasteiger charge is 2.58. The van der Waals surface area contributed by atoms with Crippen molar-refractivity contribution in [1.29, 1.82) is 0 Å². The molecule has 7 N–H and O–H groups in total. The number of aliphatic hydroxyl groups is 5. The second kappa shape index (κ2) is 8.94. The van der Waals surface area contributed by atoms with Crippen LogP contribution in [-0.4, -0.2) is 103 Å². The van der Waals surface area contributed by atoms with Gasteiger partial charge in [0.1, 0.15) is 36.6 Å². The number of alkyl halides is 3. The third kappa shape index (κ3) is 3.93. The monoisotopic (exact) mass is 414 g/mol. The smallest absolute Gasteiger partial charge is 0.214 e. The maximum absolute atomic E-state index is 10.1. The van der Waals surface area contributed by atoms with E-state index in [1.807, 2.05) is 0 Å². The van der Waals surface area contributed by atoms with E-state index in [-0.39, 0.29) is 11.4 Å². The molecule has 0 saturated carbocycles. The molecule has 12 heteroatoms. The summed E-state index contributed by atoms with van der Waals surface area (Å²) in [6.45, 7) is -0.526. The van der Waals surface area contributed by atoms with E-state index in [9.17, 15) is 25.5 Å². The van der Waals surface area contributed by atoms with Crippen molar-refractivity contribution in [3.63, 3.8) is 0 Å². The summed E-state index contributed by atoms with van der Waals surface area (Å²) in [5, 5.41) is 48.1. The van der Waals surface area contributed by atoms with Crippen molar-refractivity contribution in [2.75, 3.05) is 18.4 Å². The van der Waals surface area contributed by atoms with Gasteiger partial charge in [0.05, 0.1) is 23.7 Å². The van der Waals surface area contributed by atoms with Crippen LogP contribution in [0.4, 0.5) is 0 Å². The van der Waals surface area contributed by atoms with E-state index in [4.69, 9.17) is 49.0 Å². The van der Waals surface area contributed by atoms with E-state index < -0.39 is 66.6 Å². The predicted octanol–water partition coefficient (Wildman–Crippen LogP) is -2.48. The average Bonchev–Trinajstić information content (AvgIpc) is 2.80. The number of aliphatic hydroxyl groups excluding tert-OH is 5. The lowest BCUT2D eigenvalue weighted by molar-refractivity contribution is -0.357. The van der Waals surface area contributed by atoms with Crippen LogP contribution >= 0.6 is 34.8 Å². The van der Waals surface area contributed by atoms with Crippen LogP contribution in [-0.2, 0) is 14.2 Å². The first-order valence-electron chi connectivity index (χ1n) is 6.91. The zero-order valence-electron chi connectivity index (χ0n) is 12.3. The van der Waals surface area contributed by atoms with Crippen molar-refractivity contribution in [2.45, 2.75) is 54.1 Å². The van der Waals surface area contributed by atoms with Crippen molar-refractivity contribution in [1.82, 2.24) is 0 Å². The number of hydrogen-bond acceptors (Lipinski definition) is 8. The van der Waals surface area contributed by atoms with Crippen LogP contribution in [0.25, 0.3) is 0 Å². The summed E-state index contributed by atoms with van der Waals surface area (Å²) in [7, 11) is 0. The lowest BCUT2D eigenvalue weighted by atomic mass is 10.0. The van der Waals surface area contributed by atoms with E-state index in [2.05, 4.69) is 0 Å². The lowest BCUT2D eigenvalue weighted by Gasteiger charge is -2.43. The first kappa shape index (κ1) is 22.6. The summed E-state index contributed by atoms with van der Waals surface area (Å²) >= 11 is 17.3. The van der Waals surface area contributed by atoms with Gasteiger partial charge in [0, 0.05) is 0 Å². The second-order valence-corrected chi connectivity index (χ2v) is 6.54. The zero-order valence-corrected chi connectivity index (χ0v) is 14.6. The Morgan fingerprint density at radius 2 is 1.62 bits per heavy atom. The summed E-state index contributed by atoms with van der Waals surface area (Å²) in [5.74, 6) is -2.43. The van der Waals surface area contributed by atoms with E-state index in [1.165, 1.54) is 0 Å². The highest BCUT2D eigenvalue weighted by atomic mass is 35.5. The summed E-state index contributed by atoms with van der Waals surface area (Å²) in [6, 6.07) is 0. The van der Waals surface area contributed by atoms with Gasteiger partial charge < -0.3 is 45.2 Å². The van der Waals surface area contributed by atoms with Crippen LogP contribution in [0.1, 0.15) is 0 Å². The summed E-state index contributed by atoms with van der Waals surface area (Å²) in [6.07, 6.45) is -9.39. The van der Waals surface area contributed by atoms with Crippen molar-refractivity contribution >= 4 is 34.8 Å². The Hall–Kier alpha value is 0.510. The molecule has 0 bridgehead atoms. The third-order valence-corrected chi connectivity index (χ3v) is 5.17. The predicted molar refractivity (Wildman–Crippen MR) is 83.2 cm³/mol. The van der Waals surface area contributed by atoms with Crippen LogP contribution in [0.5, 0.6) is 0 Å². The van der Waals surface area contributed by atoms with Gasteiger partial charge in [-0.05, 0) is 0 Å². The van der Waals surface area contributed by atoms with Crippen LogP contribution < -0.4 is 0 Å². The fourth-order valence-electron chi connectivity index (χ4n) is 2.56. The minimum atomic E-state index is -1.90. The average molecular weight is 416 g/mol. The fourth-order valence-corrected chi connectivity index (χ4v) is 3.37. The summed E-state index contributed by atoms with van der Waals surface area (Å²) < 4.78 is 16.1. The first-order valence-corrected chi connectivity index (χ1v) is 8.42. The SMILES string of the molecule is O.OC[C@H]1O[C@H](O[C@]2(CCl)O[C@H](CCl)[C@@H](O)[C@@H]2O)[C@H](O)[C@@H](O)[C@@H]1Cl. The molecule has 0 radical (unpaired) electrons. The minimum Gasteiger partial charge on any atom is -0.412 e. The topological polar surface area (TPSA) is 160 Å². The Morgan fingerprint density at radius 3 is 2.08 bits per heavy atom. The Kier molecular flexibility index (Phi) is 8.40. The van der Waals surface area contributed by atoms with Gasteiger partial charge in [-0.2, -0.15) is 0 Å². The number of hydrogen-bond donors (Lipinski definition) is 5. The van der Waals surface area contributed by atoms with Crippen LogP contribution in [0.2, 0.25) is 0 Å². The van der Waals surface area contributed by atoms with Crippen LogP contribution in [0.15, 0.2) is 0 Å². The number of ether oxygens (including phenoxy) is 3. The van der Waals surface area contributed by atoms with E-state index >= 15 is 0 Å². The zero-order chi connectivity index (χ0) is 17.4. The molecule has 9 atom stereocenters. The molecule has 2 aliphatic rings. The number of rotatable bonds is 5. The lowest BCUT2D eigenvalue weighted by Crippen LogP contribution is -2.61. The molecule has 0 amide bonds. The standard InChI is InChI=1S/C12H19Cl3O8.H2O/c13-1-4-7(17)10(20)12(3-14,22-4)23-11-9(19)8(18)6(15)5(2-16)21-11;/h4-11,16-20H,1-3H2;1H2/t4-,5-,6-,7-,8+,9-,10+,11-,12+;/m1./s1. The maximum atomic E-state index is 10.1. The van der Waals surface area contributed by atoms with Crippen LogP contribution in [0.3, 0.4) is 0 Å². The molecule has 0 aromatic carbocycles. The van der Waals surface area contributed by atoms with E-state index in [0.717, 1.165) is 0 Å². The Balaban J connectivity index is 0.00000288. The van der Waals surface area contributed by atoms with Gasteiger partial charge in [-0.3, -0.25) is 0 Å². The van der Waals surface area contributed by atoms with Gasteiger partial charge >= 0.3 is 0 Å². The molecule has 2 saturated heterocycles. The normalized spacial score (nSPS) is 49.0. The minimum absolute atomic E-state index is 0. The molecule has 2 fully saturated rings. The van der Waals surface area contributed by atoms with E-state index in [0.29, 0.717) is 0 Å². The molecule has 0 aromatic heterocycles. The molecule has 0 unspecified atom stereocenters. The highest BCUT2D eigenvalue weighted by molar-refractivity contribution is 6.21. The molecule has 144 valence electrons. The van der Waals surface area contributed by atoms with Crippen molar-refractivity contribution in [2.24, 2.45) is 0 Å². The first-order chi connectivity index (χ1) is 10.8. The molecule has 0 aliphatic carbocycles. The van der Waals surface area contributed by atoms with Gasteiger partial charge in [0.25, 0.3) is 0 Å². The number of halogens is 3. The van der Waals surface area contributed by atoms with Crippen LogP contribution in [0, 0.1) is 0 Å². The molecule has 9 nitrogen and oxygen atoms in total. The Bertz CT molecular complexity index is 404. The van der Waals surface area contributed by atoms with Gasteiger partial charge in [-0.1, -0.05) is 0 Å². The van der Waals surface area contributed by atoms with Gasteiger partial charge in [0.15, 0.2) is 6.29 Å². The quantitative estimate of drug-likeness (QED) is 0.308. The Morgan fingerprint density at radius 1 is 1.00 bits per heavy atom. The van der Waals surface area contributed by atoms with Gasteiger partial charge in [-0.15, -0.1) is 34.8 Å². The van der Waals surface area contributed by atoms with Gasteiger partial charge in [0.2, 0.25) is 5.79 Å². The second-order valence-electron chi connectivity index (χ2n) is 5.46. The van der Waals surface area contributed by atoms with E-state index in [1.54, 1.807) is 0 Å².